The molecule has 1 aromatic rings. The summed E-state index contributed by atoms with van der Waals surface area (Å²) in [6.45, 7) is 7.49. The molecule has 0 amide bonds. The van der Waals surface area contributed by atoms with E-state index >= 15 is 0 Å². The highest BCUT2D eigenvalue weighted by Gasteiger charge is 2.06. The number of aryl methyl sites for hydroxylation is 1. The summed E-state index contributed by atoms with van der Waals surface area (Å²) in [7, 11) is 0. The SMILES string of the molecule is C=CC/C(=C\C[C@H](O)/C(C)=C/c1csc(C)n1)CO. The number of rotatable bonds is 7. The van der Waals surface area contributed by atoms with E-state index in [0.29, 0.717) is 12.8 Å². The molecule has 0 aliphatic carbocycles. The molecule has 1 heterocycles. The molecule has 3 nitrogen and oxygen atoms in total. The lowest BCUT2D eigenvalue weighted by molar-refractivity contribution is 0.214. The Morgan fingerprint density at radius 3 is 2.84 bits per heavy atom. The van der Waals surface area contributed by atoms with Crippen molar-refractivity contribution in [2.75, 3.05) is 6.61 Å². The molecule has 0 aromatic carbocycles. The van der Waals surface area contributed by atoms with Gasteiger partial charge in [0.1, 0.15) is 0 Å². The van der Waals surface area contributed by atoms with Crippen LogP contribution in [0.5, 0.6) is 0 Å². The fourth-order valence-electron chi connectivity index (χ4n) is 1.64. The molecule has 0 radical (unpaired) electrons. The van der Waals surface area contributed by atoms with Crippen LogP contribution in [0.4, 0.5) is 0 Å². The van der Waals surface area contributed by atoms with Gasteiger partial charge < -0.3 is 10.2 Å². The highest BCUT2D eigenvalue weighted by atomic mass is 32.1. The van der Waals surface area contributed by atoms with Gasteiger partial charge in [-0.25, -0.2) is 4.98 Å². The summed E-state index contributed by atoms with van der Waals surface area (Å²) < 4.78 is 0. The summed E-state index contributed by atoms with van der Waals surface area (Å²) >= 11 is 1.59. The summed E-state index contributed by atoms with van der Waals surface area (Å²) in [6.07, 6.45) is 6.11. The van der Waals surface area contributed by atoms with E-state index in [4.69, 9.17) is 5.11 Å². The van der Waals surface area contributed by atoms with Gasteiger partial charge in [-0.05, 0) is 43.9 Å². The molecule has 0 saturated carbocycles. The molecule has 19 heavy (non-hydrogen) atoms. The fourth-order valence-corrected chi connectivity index (χ4v) is 2.21. The lowest BCUT2D eigenvalue weighted by Crippen LogP contribution is -2.07. The van der Waals surface area contributed by atoms with Crippen molar-refractivity contribution in [1.29, 1.82) is 0 Å². The number of aliphatic hydroxyl groups is 2. The first-order chi connectivity index (χ1) is 9.06. The standard InChI is InChI=1S/C15H21NO2S/c1-4-5-13(9-17)6-7-15(18)11(2)8-14-10-19-12(3)16-14/h4,6,8,10,15,17-18H,1,5,7,9H2,2-3H3/b11-8+,13-6+/t15-/m0/s1. The number of allylic oxidation sites excluding steroid dienone is 1. The van der Waals surface area contributed by atoms with E-state index in [2.05, 4.69) is 11.6 Å². The number of nitrogens with zero attached hydrogens (tertiary/aromatic N) is 1. The Kier molecular flexibility index (Phi) is 6.70. The Hall–Kier alpha value is -1.23. The summed E-state index contributed by atoms with van der Waals surface area (Å²) in [5.41, 5.74) is 2.64. The Morgan fingerprint density at radius 1 is 1.58 bits per heavy atom. The second kappa shape index (κ2) is 8.04. The van der Waals surface area contributed by atoms with Crippen LogP contribution in [0.2, 0.25) is 0 Å². The smallest absolute Gasteiger partial charge is 0.0901 e. The molecule has 4 heteroatoms. The van der Waals surface area contributed by atoms with E-state index in [0.717, 1.165) is 21.8 Å². The van der Waals surface area contributed by atoms with Crippen LogP contribution in [0.15, 0.2) is 35.3 Å². The maximum Gasteiger partial charge on any atom is 0.0901 e. The largest absolute Gasteiger partial charge is 0.392 e. The first kappa shape index (κ1) is 15.8. The van der Waals surface area contributed by atoms with Crippen molar-refractivity contribution in [3.05, 3.63) is 46.0 Å². The quantitative estimate of drug-likeness (QED) is 0.754. The minimum Gasteiger partial charge on any atom is -0.392 e. The molecular weight excluding hydrogens is 258 g/mol. The predicted octanol–water partition coefficient (Wildman–Crippen LogP) is 3.10. The maximum absolute atomic E-state index is 10.1. The lowest BCUT2D eigenvalue weighted by Gasteiger charge is -2.09. The van der Waals surface area contributed by atoms with Crippen LogP contribution in [0.25, 0.3) is 6.08 Å². The molecule has 0 fully saturated rings. The van der Waals surface area contributed by atoms with Gasteiger partial charge in [0.05, 0.1) is 23.4 Å². The second-order valence-electron chi connectivity index (χ2n) is 4.44. The maximum atomic E-state index is 10.1. The van der Waals surface area contributed by atoms with Gasteiger partial charge in [0.2, 0.25) is 0 Å². The normalized spacial score (nSPS) is 14.5. The van der Waals surface area contributed by atoms with Gasteiger partial charge in [-0.15, -0.1) is 17.9 Å². The molecule has 0 unspecified atom stereocenters. The third-order valence-corrected chi connectivity index (χ3v) is 3.57. The molecule has 0 aliphatic heterocycles. The minimum atomic E-state index is -0.548. The molecule has 1 rings (SSSR count). The molecule has 1 atom stereocenters. The van der Waals surface area contributed by atoms with Crippen molar-refractivity contribution >= 4 is 17.4 Å². The molecule has 104 valence electrons. The number of aliphatic hydroxyl groups excluding tert-OH is 2. The highest BCUT2D eigenvalue weighted by Crippen LogP contribution is 2.16. The van der Waals surface area contributed by atoms with Crippen molar-refractivity contribution in [2.24, 2.45) is 0 Å². The van der Waals surface area contributed by atoms with Gasteiger partial charge in [-0.1, -0.05) is 12.2 Å². The van der Waals surface area contributed by atoms with Crippen LogP contribution in [0, 0.1) is 6.92 Å². The summed E-state index contributed by atoms with van der Waals surface area (Å²) in [5, 5.41) is 22.2. The van der Waals surface area contributed by atoms with Crippen LogP contribution in [-0.4, -0.2) is 27.9 Å². The summed E-state index contributed by atoms with van der Waals surface area (Å²) in [4.78, 5) is 4.34. The minimum absolute atomic E-state index is 0.00673. The van der Waals surface area contributed by atoms with E-state index in [9.17, 15) is 5.11 Å². The van der Waals surface area contributed by atoms with Gasteiger partial charge >= 0.3 is 0 Å². The summed E-state index contributed by atoms with van der Waals surface area (Å²) in [5.74, 6) is 0. The molecule has 0 aliphatic rings. The molecular formula is C15H21NO2S. The van der Waals surface area contributed by atoms with Crippen LogP contribution in [0.1, 0.15) is 30.5 Å². The van der Waals surface area contributed by atoms with Gasteiger partial charge in [-0.2, -0.15) is 0 Å². The van der Waals surface area contributed by atoms with Crippen LogP contribution < -0.4 is 0 Å². The van der Waals surface area contributed by atoms with Gasteiger partial charge in [0.15, 0.2) is 0 Å². The average Bonchev–Trinajstić information content (AvgIpc) is 2.79. The third kappa shape index (κ3) is 5.51. The Balaban J connectivity index is 2.64. The number of hydrogen-bond acceptors (Lipinski definition) is 4. The van der Waals surface area contributed by atoms with Crippen molar-refractivity contribution in [1.82, 2.24) is 4.98 Å². The van der Waals surface area contributed by atoms with Crippen molar-refractivity contribution in [2.45, 2.75) is 32.8 Å². The summed E-state index contributed by atoms with van der Waals surface area (Å²) in [6, 6.07) is 0. The van der Waals surface area contributed by atoms with Gasteiger partial charge in [-0.3, -0.25) is 0 Å². The Bertz CT molecular complexity index is 474. The van der Waals surface area contributed by atoms with Gasteiger partial charge in [0, 0.05) is 5.38 Å². The topological polar surface area (TPSA) is 53.4 Å². The highest BCUT2D eigenvalue weighted by molar-refractivity contribution is 7.09. The second-order valence-corrected chi connectivity index (χ2v) is 5.51. The van der Waals surface area contributed by atoms with Gasteiger partial charge in [0.25, 0.3) is 0 Å². The molecule has 0 spiro atoms. The zero-order valence-corrected chi connectivity index (χ0v) is 12.3. The number of hydrogen-bond donors (Lipinski definition) is 2. The van der Waals surface area contributed by atoms with E-state index in [1.54, 1.807) is 17.4 Å². The molecule has 1 aromatic heterocycles. The van der Waals surface area contributed by atoms with E-state index < -0.39 is 6.10 Å². The zero-order chi connectivity index (χ0) is 14.3. The van der Waals surface area contributed by atoms with Crippen LogP contribution >= 0.6 is 11.3 Å². The van der Waals surface area contributed by atoms with Crippen LogP contribution in [-0.2, 0) is 0 Å². The Labute approximate surface area is 118 Å². The van der Waals surface area contributed by atoms with E-state index in [1.165, 1.54) is 0 Å². The lowest BCUT2D eigenvalue weighted by atomic mass is 10.0. The number of aromatic nitrogens is 1. The Morgan fingerprint density at radius 2 is 2.32 bits per heavy atom. The molecule has 0 saturated heterocycles. The van der Waals surface area contributed by atoms with Crippen LogP contribution in [0.3, 0.4) is 0 Å². The monoisotopic (exact) mass is 279 g/mol. The first-order valence-electron chi connectivity index (χ1n) is 6.24. The van der Waals surface area contributed by atoms with Crippen molar-refractivity contribution < 1.29 is 10.2 Å². The average molecular weight is 279 g/mol. The predicted molar refractivity (Wildman–Crippen MR) is 81.1 cm³/mol. The third-order valence-electron chi connectivity index (χ3n) is 2.78. The fraction of sp³-hybridized carbons (Fsp3) is 0.400. The zero-order valence-electron chi connectivity index (χ0n) is 11.5. The molecule has 2 N–H and O–H groups in total. The van der Waals surface area contributed by atoms with E-state index in [1.807, 2.05) is 31.4 Å². The van der Waals surface area contributed by atoms with Crippen molar-refractivity contribution in [3.8, 4) is 0 Å². The van der Waals surface area contributed by atoms with Crippen molar-refractivity contribution in [3.63, 3.8) is 0 Å². The molecule has 0 bridgehead atoms. The van der Waals surface area contributed by atoms with E-state index in [-0.39, 0.29) is 6.61 Å². The number of thiazole rings is 1. The first-order valence-corrected chi connectivity index (χ1v) is 7.12.